The Morgan fingerprint density at radius 1 is 1.00 bits per heavy atom. The number of non-ortho nitro benzene ring substituents is 1. The summed E-state index contributed by atoms with van der Waals surface area (Å²) in [4.78, 5) is 22.2. The number of ether oxygens (including phenoxy) is 3. The number of nitro benzene ring substituents is 1. The summed E-state index contributed by atoms with van der Waals surface area (Å²) in [5, 5.41) is 41.0. The number of nitrogens with zero attached hydrogens (tertiary/aromatic N) is 1. The molecule has 0 bridgehead atoms. The molecule has 0 spiro atoms. The van der Waals surface area contributed by atoms with Crippen LogP contribution in [0.4, 0.5) is 5.69 Å². The van der Waals surface area contributed by atoms with E-state index in [2.05, 4.69) is 0 Å². The molecule has 1 aliphatic rings. The van der Waals surface area contributed by atoms with Crippen molar-refractivity contribution in [3.63, 3.8) is 0 Å². The van der Waals surface area contributed by atoms with Crippen LogP contribution in [-0.2, 0) is 9.47 Å². The minimum atomic E-state index is -1.62. The maximum absolute atomic E-state index is 12.0. The zero-order valence-electron chi connectivity index (χ0n) is 15.0. The van der Waals surface area contributed by atoms with Crippen molar-refractivity contribution >= 4 is 11.7 Å². The first-order valence-corrected chi connectivity index (χ1v) is 8.70. The summed E-state index contributed by atoms with van der Waals surface area (Å²) >= 11 is 0. The molecule has 1 fully saturated rings. The molecule has 1 heterocycles. The van der Waals surface area contributed by atoms with Crippen LogP contribution in [0.1, 0.15) is 10.4 Å². The third-order valence-corrected chi connectivity index (χ3v) is 4.36. The molecule has 1 saturated heterocycles. The van der Waals surface area contributed by atoms with Gasteiger partial charge < -0.3 is 29.5 Å². The maximum atomic E-state index is 12.0. The molecule has 0 radical (unpaired) electrons. The summed E-state index contributed by atoms with van der Waals surface area (Å²) < 4.78 is 16.0. The first-order valence-electron chi connectivity index (χ1n) is 8.70. The summed E-state index contributed by atoms with van der Waals surface area (Å²) in [6.07, 6.45) is -7.29. The van der Waals surface area contributed by atoms with Crippen molar-refractivity contribution in [3.05, 3.63) is 70.3 Å². The lowest BCUT2D eigenvalue weighted by Gasteiger charge is -2.39. The molecule has 1 aliphatic heterocycles. The predicted octanol–water partition coefficient (Wildman–Crippen LogP) is 0.638. The van der Waals surface area contributed by atoms with Crippen molar-refractivity contribution < 1.29 is 39.2 Å². The summed E-state index contributed by atoms with van der Waals surface area (Å²) in [6, 6.07) is 13.2. The van der Waals surface area contributed by atoms with E-state index in [4.69, 9.17) is 14.2 Å². The van der Waals surface area contributed by atoms with Crippen LogP contribution in [-0.4, -0.2) is 63.5 Å². The number of esters is 1. The summed E-state index contributed by atoms with van der Waals surface area (Å²) in [5.41, 5.74) is 0.153. The van der Waals surface area contributed by atoms with E-state index in [0.29, 0.717) is 5.56 Å². The zero-order chi connectivity index (χ0) is 21.0. The van der Waals surface area contributed by atoms with Gasteiger partial charge in [0.05, 0.1) is 10.5 Å². The predicted molar refractivity (Wildman–Crippen MR) is 97.1 cm³/mol. The summed E-state index contributed by atoms with van der Waals surface area (Å²) in [6.45, 7) is -0.390. The number of carbonyl (C=O) groups excluding carboxylic acids is 1. The highest BCUT2D eigenvalue weighted by Gasteiger charge is 2.45. The number of carbonyl (C=O) groups is 1. The van der Waals surface area contributed by atoms with Gasteiger partial charge in [-0.2, -0.15) is 0 Å². The van der Waals surface area contributed by atoms with Crippen LogP contribution < -0.4 is 4.74 Å². The van der Waals surface area contributed by atoms with Crippen molar-refractivity contribution in [3.8, 4) is 5.75 Å². The smallest absolute Gasteiger partial charge is 0.338 e. The molecule has 10 nitrogen and oxygen atoms in total. The lowest BCUT2D eigenvalue weighted by molar-refractivity contribution is -0.384. The van der Waals surface area contributed by atoms with Crippen LogP contribution in [0.15, 0.2) is 54.6 Å². The number of hydrogen-bond acceptors (Lipinski definition) is 9. The van der Waals surface area contributed by atoms with Crippen LogP contribution in [0.2, 0.25) is 0 Å². The molecule has 29 heavy (non-hydrogen) atoms. The highest BCUT2D eigenvalue weighted by molar-refractivity contribution is 5.89. The Hall–Kier alpha value is -3.05. The zero-order valence-corrected chi connectivity index (χ0v) is 15.0. The van der Waals surface area contributed by atoms with Crippen molar-refractivity contribution in [2.75, 3.05) is 6.61 Å². The standard InChI is InChI=1S/C19H19NO9/c21-15-14(10-27-18(24)11-4-2-1-3-5-11)29-19(17(23)16(15)22)28-13-8-6-12(7-9-13)20(25)26/h1-9,14-17,19,21-23H,10H2/t14-,15+,16+,17-,19-/m1/s1. The van der Waals surface area contributed by atoms with Gasteiger partial charge in [-0.1, -0.05) is 18.2 Å². The highest BCUT2D eigenvalue weighted by Crippen LogP contribution is 2.26. The number of aliphatic hydroxyl groups excluding tert-OH is 3. The fourth-order valence-corrected chi connectivity index (χ4v) is 2.75. The molecule has 2 aromatic carbocycles. The van der Waals surface area contributed by atoms with Crippen LogP contribution in [0.25, 0.3) is 0 Å². The molecule has 10 heteroatoms. The van der Waals surface area contributed by atoms with E-state index in [-0.39, 0.29) is 11.4 Å². The number of aliphatic hydroxyl groups is 3. The second-order valence-electron chi connectivity index (χ2n) is 6.35. The van der Waals surface area contributed by atoms with E-state index < -0.39 is 48.2 Å². The molecule has 0 amide bonds. The Labute approximate surface area is 165 Å². The van der Waals surface area contributed by atoms with E-state index in [1.165, 1.54) is 24.3 Å². The Kier molecular flexibility index (Phi) is 6.39. The first-order chi connectivity index (χ1) is 13.9. The van der Waals surface area contributed by atoms with Crippen molar-refractivity contribution in [1.29, 1.82) is 0 Å². The topological polar surface area (TPSA) is 149 Å². The Morgan fingerprint density at radius 2 is 1.66 bits per heavy atom. The highest BCUT2D eigenvalue weighted by atomic mass is 16.7. The van der Waals surface area contributed by atoms with Gasteiger partial charge in [-0.05, 0) is 24.3 Å². The van der Waals surface area contributed by atoms with Crippen molar-refractivity contribution in [2.45, 2.75) is 30.7 Å². The molecule has 0 unspecified atom stereocenters. The van der Waals surface area contributed by atoms with Crippen LogP contribution in [0, 0.1) is 10.1 Å². The fourth-order valence-electron chi connectivity index (χ4n) is 2.75. The average Bonchev–Trinajstić information content (AvgIpc) is 2.74. The van der Waals surface area contributed by atoms with Crippen LogP contribution in [0.5, 0.6) is 5.75 Å². The van der Waals surface area contributed by atoms with Gasteiger partial charge in [0.15, 0.2) is 0 Å². The van der Waals surface area contributed by atoms with Gasteiger partial charge in [-0.3, -0.25) is 10.1 Å². The largest absolute Gasteiger partial charge is 0.462 e. The molecule has 0 aliphatic carbocycles. The minimum absolute atomic E-state index is 0.142. The molecule has 0 saturated carbocycles. The number of benzene rings is 2. The van der Waals surface area contributed by atoms with Crippen LogP contribution in [0.3, 0.4) is 0 Å². The van der Waals surface area contributed by atoms with Crippen molar-refractivity contribution in [1.82, 2.24) is 0 Å². The number of nitro groups is 1. The molecule has 5 atom stereocenters. The quantitative estimate of drug-likeness (QED) is 0.357. The number of hydrogen-bond donors (Lipinski definition) is 3. The average molecular weight is 405 g/mol. The van der Waals surface area contributed by atoms with Gasteiger partial charge in [0.1, 0.15) is 36.8 Å². The van der Waals surface area contributed by atoms with Gasteiger partial charge in [-0.15, -0.1) is 0 Å². The van der Waals surface area contributed by atoms with E-state index >= 15 is 0 Å². The molecular formula is C19H19NO9. The third-order valence-electron chi connectivity index (χ3n) is 4.36. The SMILES string of the molecule is O=C(OC[C@H]1O[C@@H](Oc2ccc([N+](=O)[O-])cc2)[C@H](O)[C@@H](O)[C@H]1O)c1ccccc1. The van der Waals surface area contributed by atoms with E-state index in [1.807, 2.05) is 0 Å². The van der Waals surface area contributed by atoms with Gasteiger partial charge >= 0.3 is 5.97 Å². The minimum Gasteiger partial charge on any atom is -0.462 e. The molecule has 154 valence electrons. The normalized spacial score (nSPS) is 26.5. The molecule has 3 N–H and O–H groups in total. The van der Waals surface area contributed by atoms with Gasteiger partial charge in [-0.25, -0.2) is 4.79 Å². The second-order valence-corrected chi connectivity index (χ2v) is 6.35. The first kappa shape index (κ1) is 20.7. The summed E-state index contributed by atoms with van der Waals surface area (Å²) in [5.74, 6) is -0.502. The van der Waals surface area contributed by atoms with Crippen LogP contribution >= 0.6 is 0 Å². The molecular weight excluding hydrogens is 386 g/mol. The van der Waals surface area contributed by atoms with Crippen molar-refractivity contribution in [2.24, 2.45) is 0 Å². The third kappa shape index (κ3) is 4.87. The molecule has 2 aromatic rings. The fraction of sp³-hybridized carbons (Fsp3) is 0.316. The maximum Gasteiger partial charge on any atom is 0.338 e. The van der Waals surface area contributed by atoms with Gasteiger partial charge in [0.25, 0.3) is 5.69 Å². The van der Waals surface area contributed by atoms with Gasteiger partial charge in [0.2, 0.25) is 6.29 Å². The number of rotatable bonds is 6. The Balaban J connectivity index is 1.64. The molecule has 0 aromatic heterocycles. The van der Waals surface area contributed by atoms with E-state index in [0.717, 1.165) is 0 Å². The Bertz CT molecular complexity index is 843. The van der Waals surface area contributed by atoms with Gasteiger partial charge in [0, 0.05) is 12.1 Å². The summed E-state index contributed by atoms with van der Waals surface area (Å²) in [7, 11) is 0. The van der Waals surface area contributed by atoms with E-state index in [9.17, 15) is 30.2 Å². The van der Waals surface area contributed by atoms with E-state index in [1.54, 1.807) is 30.3 Å². The lowest BCUT2D eigenvalue weighted by Crippen LogP contribution is -2.60. The lowest BCUT2D eigenvalue weighted by atomic mass is 9.99. The second kappa shape index (κ2) is 8.97. The monoisotopic (exact) mass is 405 g/mol. The Morgan fingerprint density at radius 3 is 2.28 bits per heavy atom. The molecule has 3 rings (SSSR count).